The van der Waals surface area contributed by atoms with Crippen molar-refractivity contribution in [3.63, 3.8) is 0 Å². The van der Waals surface area contributed by atoms with Crippen molar-refractivity contribution in [2.75, 3.05) is 31.5 Å². The molecule has 26 heavy (non-hydrogen) atoms. The Balaban J connectivity index is 1.48. The summed E-state index contributed by atoms with van der Waals surface area (Å²) in [7, 11) is 2.01. The number of rotatable bonds is 6. The van der Waals surface area contributed by atoms with E-state index in [2.05, 4.69) is 34.1 Å². The first kappa shape index (κ1) is 18.4. The Labute approximate surface area is 154 Å². The van der Waals surface area contributed by atoms with Crippen LogP contribution in [-0.4, -0.2) is 61.3 Å². The number of imidazole rings is 1. The van der Waals surface area contributed by atoms with Gasteiger partial charge in [-0.1, -0.05) is 13.8 Å². The summed E-state index contributed by atoms with van der Waals surface area (Å²) < 4.78 is 3.91. The number of anilines is 1. The van der Waals surface area contributed by atoms with Gasteiger partial charge in [0, 0.05) is 58.2 Å². The maximum absolute atomic E-state index is 12.6. The lowest BCUT2D eigenvalue weighted by atomic mass is 10.1. The predicted molar refractivity (Wildman–Crippen MR) is 101 cm³/mol. The van der Waals surface area contributed by atoms with E-state index in [0.29, 0.717) is 5.92 Å². The van der Waals surface area contributed by atoms with Crippen LogP contribution in [0.5, 0.6) is 0 Å². The molecule has 1 aliphatic heterocycles. The largest absolute Gasteiger partial charge is 0.337 e. The average Bonchev–Trinajstić information content (AvgIpc) is 3.23. The molecule has 8 heteroatoms. The average molecular weight is 359 g/mol. The minimum Gasteiger partial charge on any atom is -0.337 e. The lowest BCUT2D eigenvalue weighted by Crippen LogP contribution is -2.49. The van der Waals surface area contributed by atoms with Gasteiger partial charge in [-0.25, -0.2) is 14.5 Å². The zero-order valence-corrected chi connectivity index (χ0v) is 15.9. The molecule has 0 spiro atoms. The Morgan fingerprint density at radius 1 is 1.23 bits per heavy atom. The van der Waals surface area contributed by atoms with E-state index in [1.807, 2.05) is 39.7 Å². The van der Waals surface area contributed by atoms with E-state index in [9.17, 15) is 4.79 Å². The van der Waals surface area contributed by atoms with E-state index in [1.54, 1.807) is 6.20 Å². The molecule has 142 valence electrons. The van der Waals surface area contributed by atoms with Gasteiger partial charge in [-0.15, -0.1) is 0 Å². The predicted octanol–water partition coefficient (Wildman–Crippen LogP) is 2.01. The first-order chi connectivity index (χ1) is 12.5. The lowest BCUT2D eigenvalue weighted by molar-refractivity contribution is 0.140. The van der Waals surface area contributed by atoms with Crippen LogP contribution in [0.25, 0.3) is 0 Å². The summed E-state index contributed by atoms with van der Waals surface area (Å²) >= 11 is 0. The smallest absolute Gasteiger partial charge is 0.323 e. The van der Waals surface area contributed by atoms with Gasteiger partial charge in [0.1, 0.15) is 11.6 Å². The summed E-state index contributed by atoms with van der Waals surface area (Å²) in [5.74, 6) is 2.43. The molecular formula is C18H29N7O. The topological polar surface area (TPSA) is 71.2 Å². The van der Waals surface area contributed by atoms with Crippen molar-refractivity contribution in [2.45, 2.75) is 33.4 Å². The molecule has 0 aromatic carbocycles. The Hall–Kier alpha value is -2.35. The van der Waals surface area contributed by atoms with E-state index >= 15 is 0 Å². The van der Waals surface area contributed by atoms with Gasteiger partial charge in [0.15, 0.2) is 0 Å². The molecule has 1 aliphatic rings. The molecule has 0 radical (unpaired) electrons. The summed E-state index contributed by atoms with van der Waals surface area (Å²) in [4.78, 5) is 21.1. The number of urea groups is 1. The van der Waals surface area contributed by atoms with E-state index in [4.69, 9.17) is 0 Å². The molecule has 1 saturated heterocycles. The first-order valence-corrected chi connectivity index (χ1v) is 9.29. The molecular weight excluding hydrogens is 330 g/mol. The van der Waals surface area contributed by atoms with Crippen LogP contribution in [0.4, 0.5) is 10.6 Å². The van der Waals surface area contributed by atoms with Crippen LogP contribution >= 0.6 is 0 Å². The Morgan fingerprint density at radius 3 is 2.65 bits per heavy atom. The summed E-state index contributed by atoms with van der Waals surface area (Å²) in [5, 5.41) is 7.32. The summed E-state index contributed by atoms with van der Waals surface area (Å²) in [5.41, 5.74) is 0. The number of nitrogens with one attached hydrogen (secondary N) is 1. The fourth-order valence-corrected chi connectivity index (χ4v) is 3.04. The maximum Gasteiger partial charge on any atom is 0.323 e. The minimum absolute atomic E-state index is 0.0482. The third-order valence-corrected chi connectivity index (χ3v) is 4.82. The van der Waals surface area contributed by atoms with Crippen LogP contribution in [-0.2, 0) is 20.1 Å². The monoisotopic (exact) mass is 359 g/mol. The highest BCUT2D eigenvalue weighted by Gasteiger charge is 2.22. The van der Waals surface area contributed by atoms with Crippen LogP contribution in [0.2, 0.25) is 0 Å². The van der Waals surface area contributed by atoms with Gasteiger partial charge < -0.3 is 9.47 Å². The maximum atomic E-state index is 12.6. The minimum atomic E-state index is -0.0482. The molecule has 0 unspecified atom stereocenters. The quantitative estimate of drug-likeness (QED) is 0.856. The van der Waals surface area contributed by atoms with Crippen molar-refractivity contribution in [3.8, 4) is 0 Å². The van der Waals surface area contributed by atoms with Crippen molar-refractivity contribution in [1.82, 2.24) is 29.1 Å². The highest BCUT2D eigenvalue weighted by Crippen LogP contribution is 2.12. The molecule has 2 amide bonds. The van der Waals surface area contributed by atoms with Crippen molar-refractivity contribution < 1.29 is 4.79 Å². The molecule has 2 aromatic heterocycles. The van der Waals surface area contributed by atoms with E-state index < -0.39 is 0 Å². The molecule has 0 aliphatic carbocycles. The third kappa shape index (κ3) is 4.63. The number of piperazine rings is 1. The Morgan fingerprint density at radius 2 is 2.00 bits per heavy atom. The summed E-state index contributed by atoms with van der Waals surface area (Å²) in [6.07, 6.45) is 6.56. The van der Waals surface area contributed by atoms with Gasteiger partial charge in [0.25, 0.3) is 0 Å². The van der Waals surface area contributed by atoms with Crippen LogP contribution in [0.15, 0.2) is 24.7 Å². The van der Waals surface area contributed by atoms with Gasteiger partial charge in [0.2, 0.25) is 0 Å². The molecule has 2 aromatic rings. The summed E-state index contributed by atoms with van der Waals surface area (Å²) in [6.45, 7) is 9.16. The lowest BCUT2D eigenvalue weighted by Gasteiger charge is -2.34. The second kappa shape index (κ2) is 8.35. The van der Waals surface area contributed by atoms with E-state index in [-0.39, 0.29) is 6.03 Å². The zero-order valence-electron chi connectivity index (χ0n) is 15.9. The molecule has 0 bridgehead atoms. The van der Waals surface area contributed by atoms with E-state index in [1.165, 1.54) is 0 Å². The number of aryl methyl sites for hydroxylation is 2. The molecule has 8 nitrogen and oxygen atoms in total. The van der Waals surface area contributed by atoms with Crippen molar-refractivity contribution >= 4 is 11.8 Å². The normalized spacial score (nSPS) is 15.6. The number of amides is 2. The number of nitrogens with zero attached hydrogens (tertiary/aromatic N) is 6. The fourth-order valence-electron chi connectivity index (χ4n) is 3.04. The second-order valence-electron chi connectivity index (χ2n) is 7.27. The van der Waals surface area contributed by atoms with Crippen molar-refractivity contribution in [3.05, 3.63) is 30.5 Å². The molecule has 3 rings (SSSR count). The number of carbonyl (C=O) groups is 1. The van der Waals surface area contributed by atoms with Crippen LogP contribution in [0.1, 0.15) is 26.1 Å². The van der Waals surface area contributed by atoms with Crippen molar-refractivity contribution in [2.24, 2.45) is 13.0 Å². The van der Waals surface area contributed by atoms with Gasteiger partial charge in [-0.3, -0.25) is 10.2 Å². The number of aromatic nitrogens is 4. The SMILES string of the molecule is CC(C)CCn1nccc1NC(=O)N1CCN(Cc2nccn2C)CC1. The van der Waals surface area contributed by atoms with Gasteiger partial charge in [0.05, 0.1) is 12.7 Å². The number of hydrogen-bond donors (Lipinski definition) is 1. The van der Waals surface area contributed by atoms with Gasteiger partial charge in [-0.05, 0) is 12.3 Å². The van der Waals surface area contributed by atoms with Gasteiger partial charge in [-0.2, -0.15) is 5.10 Å². The Bertz CT molecular complexity index is 713. The second-order valence-corrected chi connectivity index (χ2v) is 7.27. The highest BCUT2D eigenvalue weighted by molar-refractivity contribution is 5.88. The molecule has 0 saturated carbocycles. The van der Waals surface area contributed by atoms with Crippen LogP contribution in [0.3, 0.4) is 0 Å². The standard InChI is InChI=1S/C18H29N7O/c1-15(2)5-8-25-16(4-6-20-25)21-18(26)24-12-10-23(11-13-24)14-17-19-7-9-22(17)3/h4,6-7,9,15H,5,8,10-14H2,1-3H3,(H,21,26). The molecule has 0 atom stereocenters. The molecule has 1 N–H and O–H groups in total. The fraction of sp³-hybridized carbons (Fsp3) is 0.611. The summed E-state index contributed by atoms with van der Waals surface area (Å²) in [6, 6.07) is 1.81. The number of hydrogen-bond acceptors (Lipinski definition) is 4. The third-order valence-electron chi connectivity index (χ3n) is 4.82. The van der Waals surface area contributed by atoms with Gasteiger partial charge >= 0.3 is 6.03 Å². The van der Waals surface area contributed by atoms with Crippen LogP contribution in [0, 0.1) is 5.92 Å². The van der Waals surface area contributed by atoms with E-state index in [0.717, 1.165) is 57.3 Å². The number of carbonyl (C=O) groups excluding carboxylic acids is 1. The first-order valence-electron chi connectivity index (χ1n) is 9.29. The molecule has 3 heterocycles. The zero-order chi connectivity index (χ0) is 18.5. The van der Waals surface area contributed by atoms with Crippen molar-refractivity contribution in [1.29, 1.82) is 0 Å². The Kier molecular flexibility index (Phi) is 5.92. The molecule has 1 fully saturated rings. The van der Waals surface area contributed by atoms with Crippen LogP contribution < -0.4 is 5.32 Å². The highest BCUT2D eigenvalue weighted by atomic mass is 16.2.